The first kappa shape index (κ1) is 16.1. The monoisotopic (exact) mass is 286 g/mol. The second-order valence-corrected chi connectivity index (χ2v) is 4.48. The highest BCUT2D eigenvalue weighted by Crippen LogP contribution is 2.26. The second kappa shape index (κ2) is 9.93. The highest BCUT2D eigenvalue weighted by atomic mass is 35.5. The number of hydrogen-bond acceptors (Lipinski definition) is 3. The molecule has 0 aliphatic rings. The van der Waals surface area contributed by atoms with Crippen molar-refractivity contribution in [2.75, 3.05) is 26.4 Å². The Morgan fingerprint density at radius 3 is 2.42 bits per heavy atom. The Morgan fingerprint density at radius 2 is 1.74 bits per heavy atom. The molecule has 0 saturated heterocycles. The zero-order chi connectivity index (χ0) is 13.9. The van der Waals surface area contributed by atoms with E-state index in [2.05, 4.69) is 13.8 Å². The molecule has 0 aromatic heterocycles. The molecule has 0 fully saturated rings. The molecule has 1 aromatic carbocycles. The van der Waals surface area contributed by atoms with Crippen molar-refractivity contribution in [3.63, 3.8) is 0 Å². The maximum absolute atomic E-state index is 5.90. The third-order valence-electron chi connectivity index (χ3n) is 2.49. The molecule has 0 unspecified atom stereocenters. The van der Waals surface area contributed by atoms with E-state index in [1.54, 1.807) is 0 Å². The Hall–Kier alpha value is -0.930. The molecule has 0 amide bonds. The molecule has 0 aliphatic carbocycles. The molecule has 0 saturated carbocycles. The lowest BCUT2D eigenvalue weighted by Gasteiger charge is -2.12. The average molecular weight is 287 g/mol. The Balaban J connectivity index is 2.52. The van der Waals surface area contributed by atoms with Crippen LogP contribution in [0.1, 0.15) is 32.3 Å². The van der Waals surface area contributed by atoms with Gasteiger partial charge >= 0.3 is 0 Å². The van der Waals surface area contributed by atoms with Crippen LogP contribution in [0.5, 0.6) is 11.5 Å². The van der Waals surface area contributed by atoms with Crippen molar-refractivity contribution < 1.29 is 14.2 Å². The summed E-state index contributed by atoms with van der Waals surface area (Å²) in [7, 11) is 0. The van der Waals surface area contributed by atoms with Crippen molar-refractivity contribution in [3.05, 3.63) is 23.8 Å². The Kier molecular flexibility index (Phi) is 8.43. The standard InChI is InChI=1S/C15H23ClO3/c1-3-7-17-9-10-19-15-11-14(18-8-4-2)6-5-13(15)12-16/h5-6,11H,3-4,7-10,12H2,1-2H3. The van der Waals surface area contributed by atoms with Gasteiger partial charge in [-0.3, -0.25) is 0 Å². The van der Waals surface area contributed by atoms with Crippen molar-refractivity contribution in [2.45, 2.75) is 32.6 Å². The summed E-state index contributed by atoms with van der Waals surface area (Å²) in [4.78, 5) is 0. The van der Waals surface area contributed by atoms with Crippen LogP contribution in [-0.2, 0) is 10.6 Å². The van der Waals surface area contributed by atoms with E-state index in [4.69, 9.17) is 25.8 Å². The molecule has 0 atom stereocenters. The van der Waals surface area contributed by atoms with Crippen LogP contribution in [0.25, 0.3) is 0 Å². The van der Waals surface area contributed by atoms with Crippen molar-refractivity contribution in [1.82, 2.24) is 0 Å². The van der Waals surface area contributed by atoms with Gasteiger partial charge in [0.05, 0.1) is 19.1 Å². The van der Waals surface area contributed by atoms with Crippen LogP contribution in [0.2, 0.25) is 0 Å². The second-order valence-electron chi connectivity index (χ2n) is 4.21. The number of hydrogen-bond donors (Lipinski definition) is 0. The van der Waals surface area contributed by atoms with Crippen LogP contribution in [-0.4, -0.2) is 26.4 Å². The average Bonchev–Trinajstić information content (AvgIpc) is 2.45. The van der Waals surface area contributed by atoms with Gasteiger partial charge in [-0.25, -0.2) is 0 Å². The van der Waals surface area contributed by atoms with Crippen LogP contribution in [0, 0.1) is 0 Å². The first-order chi connectivity index (χ1) is 9.31. The van der Waals surface area contributed by atoms with Gasteiger partial charge < -0.3 is 14.2 Å². The molecule has 0 aliphatic heterocycles. The number of alkyl halides is 1. The molecule has 0 N–H and O–H groups in total. The molecule has 0 bridgehead atoms. The molecule has 3 nitrogen and oxygen atoms in total. The predicted molar refractivity (Wildman–Crippen MR) is 78.4 cm³/mol. The number of rotatable bonds is 10. The van der Waals surface area contributed by atoms with Gasteiger partial charge in [-0.15, -0.1) is 11.6 Å². The number of benzene rings is 1. The predicted octanol–water partition coefficient (Wildman–Crippen LogP) is 4.02. The molecular formula is C15H23ClO3. The summed E-state index contributed by atoms with van der Waals surface area (Å²) in [6, 6.07) is 5.77. The Bertz CT molecular complexity index is 355. The van der Waals surface area contributed by atoms with Crippen LogP contribution < -0.4 is 9.47 Å². The maximum atomic E-state index is 5.90. The normalized spacial score (nSPS) is 10.5. The van der Waals surface area contributed by atoms with E-state index in [9.17, 15) is 0 Å². The molecule has 0 spiro atoms. The third-order valence-corrected chi connectivity index (χ3v) is 2.78. The Morgan fingerprint density at radius 1 is 0.947 bits per heavy atom. The molecular weight excluding hydrogens is 264 g/mol. The van der Waals surface area contributed by atoms with E-state index < -0.39 is 0 Å². The summed E-state index contributed by atoms with van der Waals surface area (Å²) in [5.74, 6) is 2.03. The molecule has 108 valence electrons. The highest BCUT2D eigenvalue weighted by Gasteiger charge is 2.05. The topological polar surface area (TPSA) is 27.7 Å². The van der Waals surface area contributed by atoms with Crippen LogP contribution in [0.15, 0.2) is 18.2 Å². The SMILES string of the molecule is CCCOCCOc1cc(OCCC)ccc1CCl. The van der Waals surface area contributed by atoms with Gasteiger partial charge in [-0.1, -0.05) is 19.9 Å². The summed E-state index contributed by atoms with van der Waals surface area (Å²) in [6.45, 7) is 6.76. The highest BCUT2D eigenvalue weighted by molar-refractivity contribution is 6.17. The fourth-order valence-electron chi connectivity index (χ4n) is 1.55. The van der Waals surface area contributed by atoms with Crippen LogP contribution >= 0.6 is 11.6 Å². The van der Waals surface area contributed by atoms with Gasteiger partial charge in [-0.05, 0) is 18.9 Å². The van der Waals surface area contributed by atoms with E-state index in [0.29, 0.717) is 25.7 Å². The largest absolute Gasteiger partial charge is 0.493 e. The van der Waals surface area contributed by atoms with Crippen molar-refractivity contribution in [2.24, 2.45) is 0 Å². The third kappa shape index (κ3) is 6.17. The first-order valence-electron chi connectivity index (χ1n) is 6.84. The number of halogens is 1. The zero-order valence-electron chi connectivity index (χ0n) is 11.8. The van der Waals surface area contributed by atoms with Crippen LogP contribution in [0.3, 0.4) is 0 Å². The smallest absolute Gasteiger partial charge is 0.127 e. The lowest BCUT2D eigenvalue weighted by Crippen LogP contribution is -2.08. The lowest BCUT2D eigenvalue weighted by molar-refractivity contribution is 0.100. The van der Waals surface area contributed by atoms with Gasteiger partial charge in [-0.2, -0.15) is 0 Å². The molecule has 1 aromatic rings. The van der Waals surface area contributed by atoms with E-state index >= 15 is 0 Å². The summed E-state index contributed by atoms with van der Waals surface area (Å²) in [5, 5.41) is 0. The minimum absolute atomic E-state index is 0.430. The molecule has 0 heterocycles. The van der Waals surface area contributed by atoms with Gasteiger partial charge in [0, 0.05) is 18.2 Å². The van der Waals surface area contributed by atoms with Gasteiger partial charge in [0.2, 0.25) is 0 Å². The summed E-state index contributed by atoms with van der Waals surface area (Å²) in [5.41, 5.74) is 0.973. The molecule has 4 heteroatoms. The molecule has 1 rings (SSSR count). The fourth-order valence-corrected chi connectivity index (χ4v) is 1.77. The maximum Gasteiger partial charge on any atom is 0.127 e. The van der Waals surface area contributed by atoms with Crippen molar-refractivity contribution in [3.8, 4) is 11.5 Å². The molecule has 19 heavy (non-hydrogen) atoms. The molecule has 0 radical (unpaired) electrons. The summed E-state index contributed by atoms with van der Waals surface area (Å²) < 4.78 is 16.7. The lowest BCUT2D eigenvalue weighted by atomic mass is 10.2. The Labute approximate surface area is 120 Å². The summed E-state index contributed by atoms with van der Waals surface area (Å²) >= 11 is 5.90. The van der Waals surface area contributed by atoms with Gasteiger partial charge in [0.1, 0.15) is 18.1 Å². The minimum Gasteiger partial charge on any atom is -0.493 e. The van der Waals surface area contributed by atoms with E-state index in [1.165, 1.54) is 0 Å². The summed E-state index contributed by atoms with van der Waals surface area (Å²) in [6.07, 6.45) is 2.01. The van der Waals surface area contributed by atoms with Gasteiger partial charge in [0.15, 0.2) is 0 Å². The van der Waals surface area contributed by atoms with Crippen molar-refractivity contribution >= 4 is 11.6 Å². The van der Waals surface area contributed by atoms with Crippen LogP contribution in [0.4, 0.5) is 0 Å². The van der Waals surface area contributed by atoms with E-state index in [1.807, 2.05) is 18.2 Å². The van der Waals surface area contributed by atoms with Gasteiger partial charge in [0.25, 0.3) is 0 Å². The first-order valence-corrected chi connectivity index (χ1v) is 7.37. The number of ether oxygens (including phenoxy) is 3. The van der Waals surface area contributed by atoms with E-state index in [0.717, 1.165) is 36.5 Å². The zero-order valence-corrected chi connectivity index (χ0v) is 12.5. The minimum atomic E-state index is 0.430. The fraction of sp³-hybridized carbons (Fsp3) is 0.600. The van der Waals surface area contributed by atoms with Crippen molar-refractivity contribution in [1.29, 1.82) is 0 Å². The van der Waals surface area contributed by atoms with E-state index in [-0.39, 0.29) is 0 Å². The quantitative estimate of drug-likeness (QED) is 0.480.